The third kappa shape index (κ3) is 1.48. The first-order chi connectivity index (χ1) is 10.8. The first-order valence-corrected chi connectivity index (χ1v) is 8.74. The van der Waals surface area contributed by atoms with Crippen molar-refractivity contribution in [2.24, 2.45) is 0 Å². The van der Waals surface area contributed by atoms with Gasteiger partial charge in [0.05, 0.1) is 0 Å². The van der Waals surface area contributed by atoms with Gasteiger partial charge in [-0.1, -0.05) is 55.5 Å². The highest BCUT2D eigenvalue weighted by Gasteiger charge is 2.57. The van der Waals surface area contributed by atoms with Crippen LogP contribution in [0.1, 0.15) is 53.9 Å². The predicted molar refractivity (Wildman–Crippen MR) is 90.5 cm³/mol. The lowest BCUT2D eigenvalue weighted by Gasteiger charge is -2.37. The zero-order valence-electron chi connectivity index (χ0n) is 13.3. The Kier molecular flexibility index (Phi) is 2.61. The lowest BCUT2D eigenvalue weighted by atomic mass is 9.65. The van der Waals surface area contributed by atoms with Crippen LogP contribution in [0.25, 0.3) is 0 Å². The summed E-state index contributed by atoms with van der Waals surface area (Å²) in [5.74, 6) is 1.32. The van der Waals surface area contributed by atoms with E-state index in [2.05, 4.69) is 60.4 Å². The highest BCUT2D eigenvalue weighted by Crippen LogP contribution is 2.62. The van der Waals surface area contributed by atoms with Crippen molar-refractivity contribution in [1.82, 2.24) is 4.90 Å². The maximum Gasteiger partial charge on any atom is 0.0173 e. The Morgan fingerprint density at radius 3 is 2.55 bits per heavy atom. The van der Waals surface area contributed by atoms with Crippen molar-refractivity contribution < 1.29 is 0 Å². The summed E-state index contributed by atoms with van der Waals surface area (Å²) in [4.78, 5) is 2.71. The highest BCUT2D eigenvalue weighted by atomic mass is 15.2. The van der Waals surface area contributed by atoms with E-state index in [1.165, 1.54) is 32.5 Å². The molecule has 1 aliphatic heterocycles. The lowest BCUT2D eigenvalue weighted by molar-refractivity contribution is 0.305. The SMILES string of the molecule is CCCN1CC2c3ccccc3C3CC2(C1)c1ccccc13. The van der Waals surface area contributed by atoms with Crippen LogP contribution in [-0.4, -0.2) is 24.5 Å². The van der Waals surface area contributed by atoms with Gasteiger partial charge in [0, 0.05) is 30.3 Å². The van der Waals surface area contributed by atoms with Gasteiger partial charge in [-0.2, -0.15) is 0 Å². The summed E-state index contributed by atoms with van der Waals surface area (Å²) in [6.07, 6.45) is 2.59. The minimum atomic E-state index is 0.380. The van der Waals surface area contributed by atoms with Crippen LogP contribution in [0.3, 0.4) is 0 Å². The standard InChI is InChI=1S/C21H23N/c1-2-11-22-13-20-16-8-4-3-7-15(16)18-12-21(20,14-22)19-10-6-5-9-17(18)19/h3-10,18,20H,2,11-14H2,1H3. The second-order valence-electron chi connectivity index (χ2n) is 7.42. The molecule has 1 nitrogen and oxygen atoms in total. The highest BCUT2D eigenvalue weighted by molar-refractivity contribution is 5.58. The summed E-state index contributed by atoms with van der Waals surface area (Å²) >= 11 is 0. The van der Waals surface area contributed by atoms with Crippen molar-refractivity contribution >= 4 is 0 Å². The fourth-order valence-corrected chi connectivity index (χ4v) is 5.63. The fourth-order valence-electron chi connectivity index (χ4n) is 5.63. The van der Waals surface area contributed by atoms with Gasteiger partial charge >= 0.3 is 0 Å². The zero-order chi connectivity index (χ0) is 14.7. The average Bonchev–Trinajstić information content (AvgIpc) is 3.07. The van der Waals surface area contributed by atoms with Gasteiger partial charge in [-0.3, -0.25) is 0 Å². The fraction of sp³-hybridized carbons (Fsp3) is 0.429. The number of likely N-dealkylation sites (tertiary alicyclic amines) is 1. The minimum absolute atomic E-state index is 0.380. The average molecular weight is 289 g/mol. The molecular weight excluding hydrogens is 266 g/mol. The Bertz CT molecular complexity index is 723. The number of fused-ring (bicyclic) bond motifs is 3. The molecule has 1 saturated heterocycles. The summed E-state index contributed by atoms with van der Waals surface area (Å²) in [5.41, 5.74) is 6.88. The molecule has 3 aliphatic rings. The summed E-state index contributed by atoms with van der Waals surface area (Å²) in [7, 11) is 0. The van der Waals surface area contributed by atoms with E-state index in [-0.39, 0.29) is 0 Å². The quantitative estimate of drug-likeness (QED) is 0.797. The smallest absolute Gasteiger partial charge is 0.0173 e. The topological polar surface area (TPSA) is 3.24 Å². The monoisotopic (exact) mass is 289 g/mol. The van der Waals surface area contributed by atoms with E-state index in [4.69, 9.17) is 0 Å². The van der Waals surface area contributed by atoms with Gasteiger partial charge in [-0.15, -0.1) is 0 Å². The van der Waals surface area contributed by atoms with Crippen LogP contribution in [0.15, 0.2) is 48.5 Å². The second-order valence-corrected chi connectivity index (χ2v) is 7.42. The molecule has 2 aromatic rings. The molecule has 2 aliphatic carbocycles. The molecule has 1 spiro atoms. The van der Waals surface area contributed by atoms with Crippen molar-refractivity contribution in [2.75, 3.05) is 19.6 Å². The van der Waals surface area contributed by atoms with Crippen molar-refractivity contribution in [2.45, 2.75) is 37.0 Å². The van der Waals surface area contributed by atoms with Crippen LogP contribution in [0.4, 0.5) is 0 Å². The van der Waals surface area contributed by atoms with Crippen molar-refractivity contribution in [3.05, 3.63) is 70.8 Å². The van der Waals surface area contributed by atoms with E-state index in [0.29, 0.717) is 17.3 Å². The molecule has 3 unspecified atom stereocenters. The molecule has 1 heterocycles. The molecular formula is C21H23N. The maximum absolute atomic E-state index is 2.71. The normalized spacial score (nSPS) is 31.7. The molecule has 22 heavy (non-hydrogen) atoms. The Balaban J connectivity index is 1.74. The van der Waals surface area contributed by atoms with Crippen LogP contribution in [0.2, 0.25) is 0 Å². The molecule has 5 rings (SSSR count). The molecule has 1 fully saturated rings. The van der Waals surface area contributed by atoms with E-state index in [0.717, 1.165) is 0 Å². The predicted octanol–water partition coefficient (Wildman–Crippen LogP) is 4.28. The lowest BCUT2D eigenvalue weighted by Crippen LogP contribution is -2.35. The number of hydrogen-bond donors (Lipinski definition) is 0. The summed E-state index contributed by atoms with van der Waals surface area (Å²) in [6.45, 7) is 6.05. The molecule has 2 bridgehead atoms. The van der Waals surface area contributed by atoms with Crippen molar-refractivity contribution in [1.29, 1.82) is 0 Å². The molecule has 0 radical (unpaired) electrons. The van der Waals surface area contributed by atoms with Crippen molar-refractivity contribution in [3.63, 3.8) is 0 Å². The van der Waals surface area contributed by atoms with E-state index < -0.39 is 0 Å². The van der Waals surface area contributed by atoms with Crippen LogP contribution in [-0.2, 0) is 5.41 Å². The van der Waals surface area contributed by atoms with Crippen molar-refractivity contribution in [3.8, 4) is 0 Å². The first kappa shape index (κ1) is 12.9. The number of nitrogens with zero attached hydrogens (tertiary/aromatic N) is 1. The zero-order valence-corrected chi connectivity index (χ0v) is 13.3. The number of hydrogen-bond acceptors (Lipinski definition) is 1. The van der Waals surface area contributed by atoms with Gasteiger partial charge in [-0.25, -0.2) is 0 Å². The Hall–Kier alpha value is -1.60. The summed E-state index contributed by atoms with van der Waals surface area (Å²) in [6, 6.07) is 18.5. The van der Waals surface area contributed by atoms with E-state index >= 15 is 0 Å². The van der Waals surface area contributed by atoms with Crippen LogP contribution in [0.5, 0.6) is 0 Å². The third-order valence-corrected chi connectivity index (χ3v) is 6.34. The number of rotatable bonds is 2. The van der Waals surface area contributed by atoms with Gasteiger partial charge in [0.15, 0.2) is 0 Å². The molecule has 0 aromatic heterocycles. The molecule has 1 heteroatoms. The van der Waals surface area contributed by atoms with Gasteiger partial charge in [0.1, 0.15) is 0 Å². The van der Waals surface area contributed by atoms with Gasteiger partial charge in [0.25, 0.3) is 0 Å². The minimum Gasteiger partial charge on any atom is -0.302 e. The Morgan fingerprint density at radius 2 is 1.73 bits per heavy atom. The number of benzene rings is 2. The molecule has 3 atom stereocenters. The molecule has 112 valence electrons. The molecule has 0 N–H and O–H groups in total. The largest absolute Gasteiger partial charge is 0.302 e. The molecule has 0 saturated carbocycles. The Labute approximate surface area is 133 Å². The molecule has 2 aromatic carbocycles. The van der Waals surface area contributed by atoms with Gasteiger partial charge in [0.2, 0.25) is 0 Å². The van der Waals surface area contributed by atoms with Crippen LogP contribution >= 0.6 is 0 Å². The van der Waals surface area contributed by atoms with E-state index in [1.54, 1.807) is 22.3 Å². The van der Waals surface area contributed by atoms with Gasteiger partial charge in [-0.05, 0) is 41.6 Å². The van der Waals surface area contributed by atoms with E-state index in [1.807, 2.05) is 0 Å². The molecule has 0 amide bonds. The Morgan fingerprint density at radius 1 is 1.00 bits per heavy atom. The summed E-state index contributed by atoms with van der Waals surface area (Å²) < 4.78 is 0. The maximum atomic E-state index is 2.71. The van der Waals surface area contributed by atoms with Gasteiger partial charge < -0.3 is 4.90 Å². The first-order valence-electron chi connectivity index (χ1n) is 8.74. The van der Waals surface area contributed by atoms with Crippen LogP contribution < -0.4 is 0 Å². The summed E-state index contributed by atoms with van der Waals surface area (Å²) in [5, 5.41) is 0. The third-order valence-electron chi connectivity index (χ3n) is 6.34. The second kappa shape index (κ2) is 4.45. The van der Waals surface area contributed by atoms with Crippen LogP contribution in [0, 0.1) is 0 Å². The van der Waals surface area contributed by atoms with E-state index in [9.17, 15) is 0 Å².